The van der Waals surface area contributed by atoms with E-state index in [1.54, 1.807) is 11.3 Å². The van der Waals surface area contributed by atoms with Crippen LogP contribution in [0.3, 0.4) is 0 Å². The number of hydrogen-bond acceptors (Lipinski definition) is 5. The lowest BCUT2D eigenvalue weighted by Gasteiger charge is -2.28. The van der Waals surface area contributed by atoms with Crippen molar-refractivity contribution in [3.63, 3.8) is 0 Å². The Labute approximate surface area is 143 Å². The van der Waals surface area contributed by atoms with E-state index < -0.39 is 5.92 Å². The van der Waals surface area contributed by atoms with Crippen LogP contribution in [0.1, 0.15) is 27.6 Å². The van der Waals surface area contributed by atoms with Gasteiger partial charge in [0.15, 0.2) is 5.75 Å². The first-order chi connectivity index (χ1) is 11.6. The highest BCUT2D eigenvalue weighted by Gasteiger charge is 2.39. The molecule has 118 valence electrons. The summed E-state index contributed by atoms with van der Waals surface area (Å²) in [6.45, 7) is 4.01. The number of rotatable bonds is 1. The lowest BCUT2D eigenvalue weighted by molar-refractivity contribution is 0.461. The summed E-state index contributed by atoms with van der Waals surface area (Å²) >= 11 is 1.57. The maximum Gasteiger partial charge on any atom is 0.205 e. The molecule has 0 amide bonds. The van der Waals surface area contributed by atoms with Crippen LogP contribution in [0.4, 0.5) is 0 Å². The van der Waals surface area contributed by atoms with E-state index in [9.17, 15) is 5.26 Å². The Morgan fingerprint density at radius 3 is 2.71 bits per heavy atom. The Bertz CT molecular complexity index is 1000. The zero-order chi connectivity index (χ0) is 16.8. The van der Waals surface area contributed by atoms with Gasteiger partial charge in [0.25, 0.3) is 0 Å². The molecule has 0 spiro atoms. The van der Waals surface area contributed by atoms with Crippen molar-refractivity contribution in [2.45, 2.75) is 19.8 Å². The van der Waals surface area contributed by atoms with Crippen LogP contribution in [-0.2, 0) is 0 Å². The Balaban J connectivity index is 2.03. The van der Waals surface area contributed by atoms with Gasteiger partial charge in [-0.25, -0.2) is 4.98 Å². The molecule has 0 fully saturated rings. The molecular formula is C19H15N3OS. The molecule has 0 aliphatic carbocycles. The van der Waals surface area contributed by atoms with Gasteiger partial charge in [-0.3, -0.25) is 5.41 Å². The van der Waals surface area contributed by atoms with Crippen molar-refractivity contribution in [3.05, 3.63) is 58.1 Å². The standard InChI is InChI=1S/C19H15N3OS/c1-10-8-11(2)22-19-14(10)16-17(24-19)15(12-6-4-3-5-7-12)13(9-20)18(21)23-16/h3-8,13,15,21H,1-2H3. The minimum atomic E-state index is -0.616. The molecule has 1 aliphatic heterocycles. The molecule has 3 heterocycles. The van der Waals surface area contributed by atoms with Crippen LogP contribution in [0.2, 0.25) is 0 Å². The van der Waals surface area contributed by atoms with Crippen molar-refractivity contribution in [2.75, 3.05) is 0 Å². The Kier molecular flexibility index (Phi) is 3.36. The van der Waals surface area contributed by atoms with E-state index >= 15 is 0 Å². The van der Waals surface area contributed by atoms with Gasteiger partial charge in [-0.05, 0) is 31.0 Å². The van der Waals surface area contributed by atoms with Crippen LogP contribution in [-0.4, -0.2) is 10.9 Å². The van der Waals surface area contributed by atoms with E-state index in [-0.39, 0.29) is 11.8 Å². The van der Waals surface area contributed by atoms with Crippen LogP contribution in [0.15, 0.2) is 36.4 Å². The van der Waals surface area contributed by atoms with Crippen LogP contribution >= 0.6 is 11.3 Å². The third-order valence-electron chi connectivity index (χ3n) is 4.38. The normalized spacial score (nSPS) is 19.6. The fraction of sp³-hybridized carbons (Fsp3) is 0.211. The van der Waals surface area contributed by atoms with E-state index in [1.165, 1.54) is 0 Å². The first-order valence-corrected chi connectivity index (χ1v) is 8.53. The highest BCUT2D eigenvalue weighted by Crippen LogP contribution is 2.50. The monoisotopic (exact) mass is 333 g/mol. The Hall–Kier alpha value is -2.71. The number of pyridine rings is 1. The number of ether oxygens (including phenoxy) is 1. The topological polar surface area (TPSA) is 69.8 Å². The number of hydrogen-bond donors (Lipinski definition) is 1. The van der Waals surface area contributed by atoms with Gasteiger partial charge in [-0.15, -0.1) is 11.3 Å². The number of thiophene rings is 1. The van der Waals surface area contributed by atoms with Crippen molar-refractivity contribution in [2.24, 2.45) is 5.92 Å². The molecule has 24 heavy (non-hydrogen) atoms. The molecule has 1 aliphatic rings. The summed E-state index contributed by atoms with van der Waals surface area (Å²) in [4.78, 5) is 6.52. The van der Waals surface area contributed by atoms with E-state index in [1.807, 2.05) is 50.2 Å². The van der Waals surface area contributed by atoms with Crippen molar-refractivity contribution < 1.29 is 4.74 Å². The third-order valence-corrected chi connectivity index (χ3v) is 5.53. The minimum Gasteiger partial charge on any atom is -0.440 e. The summed E-state index contributed by atoms with van der Waals surface area (Å²) in [6.07, 6.45) is 0. The van der Waals surface area contributed by atoms with Crippen molar-refractivity contribution in [1.29, 1.82) is 10.7 Å². The summed E-state index contributed by atoms with van der Waals surface area (Å²) in [7, 11) is 0. The third kappa shape index (κ3) is 2.11. The molecule has 1 N–H and O–H groups in total. The summed E-state index contributed by atoms with van der Waals surface area (Å²) in [5.74, 6) is -0.0930. The van der Waals surface area contributed by atoms with Gasteiger partial charge in [0.1, 0.15) is 10.7 Å². The zero-order valence-electron chi connectivity index (χ0n) is 13.3. The van der Waals surface area contributed by atoms with Crippen molar-refractivity contribution >= 4 is 27.5 Å². The molecule has 2 atom stereocenters. The molecule has 0 radical (unpaired) electrons. The van der Waals surface area contributed by atoms with Crippen LogP contribution in [0.25, 0.3) is 10.2 Å². The molecule has 4 rings (SSSR count). The first-order valence-electron chi connectivity index (χ1n) is 7.71. The number of benzene rings is 1. The van der Waals surface area contributed by atoms with Crippen molar-refractivity contribution in [1.82, 2.24) is 4.98 Å². The van der Waals surface area contributed by atoms with Crippen LogP contribution < -0.4 is 4.74 Å². The molecular weight excluding hydrogens is 318 g/mol. The summed E-state index contributed by atoms with van der Waals surface area (Å²) < 4.78 is 5.79. The fourth-order valence-corrected chi connectivity index (χ4v) is 4.74. The number of nitriles is 1. The van der Waals surface area contributed by atoms with Crippen molar-refractivity contribution in [3.8, 4) is 11.8 Å². The largest absolute Gasteiger partial charge is 0.440 e. The molecule has 0 saturated carbocycles. The van der Waals surface area contributed by atoms with Crippen LogP contribution in [0.5, 0.6) is 5.75 Å². The van der Waals surface area contributed by atoms with E-state index in [0.29, 0.717) is 5.75 Å². The SMILES string of the molecule is Cc1cc(C)c2c3c(sc2n1)C(c1ccccc1)C(C#N)C(=N)O3. The Morgan fingerprint density at radius 1 is 1.25 bits per heavy atom. The number of fused-ring (bicyclic) bond motifs is 3. The second-order valence-electron chi connectivity index (χ2n) is 6.02. The molecule has 0 saturated heterocycles. The number of aryl methyl sites for hydroxylation is 2. The second-order valence-corrected chi connectivity index (χ2v) is 7.05. The predicted molar refractivity (Wildman–Crippen MR) is 94.8 cm³/mol. The lowest BCUT2D eigenvalue weighted by Crippen LogP contribution is -2.29. The van der Waals surface area contributed by atoms with Gasteiger partial charge in [0, 0.05) is 11.6 Å². The molecule has 4 nitrogen and oxygen atoms in total. The van der Waals surface area contributed by atoms with Gasteiger partial charge in [-0.2, -0.15) is 5.26 Å². The van der Waals surface area contributed by atoms with Crippen LogP contribution in [0, 0.1) is 36.5 Å². The summed E-state index contributed by atoms with van der Waals surface area (Å²) in [5, 5.41) is 18.8. The fourth-order valence-electron chi connectivity index (χ4n) is 3.35. The minimum absolute atomic E-state index is 0.0125. The maximum atomic E-state index is 9.61. The molecule has 5 heteroatoms. The molecule has 2 aromatic heterocycles. The van der Waals surface area contributed by atoms with Gasteiger partial charge in [0.05, 0.1) is 16.3 Å². The lowest BCUT2D eigenvalue weighted by atomic mass is 9.83. The molecule has 2 unspecified atom stereocenters. The number of nitrogens with one attached hydrogen (secondary N) is 1. The van der Waals surface area contributed by atoms with Gasteiger partial charge in [0.2, 0.25) is 5.90 Å². The summed E-state index contributed by atoms with van der Waals surface area (Å²) in [6, 6.07) is 14.2. The highest BCUT2D eigenvalue weighted by molar-refractivity contribution is 7.19. The Morgan fingerprint density at radius 2 is 2.00 bits per heavy atom. The predicted octanol–water partition coefficient (Wildman–Crippen LogP) is 4.55. The highest BCUT2D eigenvalue weighted by atomic mass is 32.1. The van der Waals surface area contributed by atoms with Gasteiger partial charge < -0.3 is 4.74 Å². The number of aromatic nitrogens is 1. The average Bonchev–Trinajstić information content (AvgIpc) is 2.92. The zero-order valence-corrected chi connectivity index (χ0v) is 14.1. The van der Waals surface area contributed by atoms with E-state index in [4.69, 9.17) is 10.1 Å². The van der Waals surface area contributed by atoms with E-state index in [0.717, 1.165) is 31.9 Å². The maximum absolute atomic E-state index is 9.61. The molecule has 0 bridgehead atoms. The smallest absolute Gasteiger partial charge is 0.205 e. The first kappa shape index (κ1) is 14.9. The van der Waals surface area contributed by atoms with Gasteiger partial charge in [-0.1, -0.05) is 30.3 Å². The van der Waals surface area contributed by atoms with E-state index in [2.05, 4.69) is 11.1 Å². The van der Waals surface area contributed by atoms with Gasteiger partial charge >= 0.3 is 0 Å². The number of nitrogens with zero attached hydrogens (tertiary/aromatic N) is 2. The summed E-state index contributed by atoms with van der Waals surface area (Å²) in [5.41, 5.74) is 3.08. The quantitative estimate of drug-likeness (QED) is 0.710. The molecule has 1 aromatic carbocycles. The molecule has 3 aromatic rings. The average molecular weight is 333 g/mol. The second kappa shape index (κ2) is 5.43.